The zero-order valence-corrected chi connectivity index (χ0v) is 15.7. The average molecular weight is 354 g/mol. The van der Waals surface area contributed by atoms with Crippen LogP contribution in [0.25, 0.3) is 11.1 Å². The molecule has 136 valence electrons. The number of rotatable bonds is 4. The van der Waals surface area contributed by atoms with Gasteiger partial charge in [-0.2, -0.15) is 0 Å². The summed E-state index contributed by atoms with van der Waals surface area (Å²) in [5.41, 5.74) is 2.04. The Hall–Kier alpha value is -2.31. The van der Waals surface area contributed by atoms with Crippen molar-refractivity contribution < 1.29 is 23.9 Å². The molecule has 1 aliphatic rings. The van der Waals surface area contributed by atoms with Gasteiger partial charge in [0.1, 0.15) is 0 Å². The van der Waals surface area contributed by atoms with Gasteiger partial charge in [0.2, 0.25) is 0 Å². The van der Waals surface area contributed by atoms with Gasteiger partial charge in [0, 0.05) is 5.56 Å². The number of ether oxygens (including phenoxy) is 1. The third-order valence-electron chi connectivity index (χ3n) is 5.23. The number of carbonyl (C=O) groups excluding carboxylic acids is 1. The van der Waals surface area contributed by atoms with E-state index in [1.54, 1.807) is 6.07 Å². The first-order valence-corrected chi connectivity index (χ1v) is 8.50. The molecule has 2 aromatic carbocycles. The van der Waals surface area contributed by atoms with Crippen LogP contribution in [0.3, 0.4) is 0 Å². The van der Waals surface area contributed by atoms with Gasteiger partial charge in [-0.05, 0) is 56.4 Å². The van der Waals surface area contributed by atoms with Crippen LogP contribution in [0.5, 0.6) is 11.5 Å². The van der Waals surface area contributed by atoms with Crippen molar-refractivity contribution in [2.24, 2.45) is 0 Å². The van der Waals surface area contributed by atoms with E-state index < -0.39 is 18.3 Å². The number of phenolic OH excluding ortho intramolecular Hbond substituents is 1. The van der Waals surface area contributed by atoms with Crippen molar-refractivity contribution in [1.29, 1.82) is 0 Å². The summed E-state index contributed by atoms with van der Waals surface area (Å²) in [5, 5.41) is 9.86. The topological polar surface area (TPSA) is 65.0 Å². The first-order valence-electron chi connectivity index (χ1n) is 8.50. The van der Waals surface area contributed by atoms with Crippen molar-refractivity contribution in [1.82, 2.24) is 0 Å². The molecule has 5 nitrogen and oxygen atoms in total. The summed E-state index contributed by atoms with van der Waals surface area (Å²) in [7, 11) is 1.04. The first kappa shape index (κ1) is 18.5. The molecule has 0 bridgehead atoms. The molecule has 1 saturated heterocycles. The number of hydrogen-bond donors (Lipinski definition) is 1. The monoisotopic (exact) mass is 354 g/mol. The standard InChI is InChI=1S/C20H23BO5/c1-19(2)20(3,4)26-21(25-19)15-8-6-13(7-9-15)16-11-18(24-5)17(23)10-14(16)12-22/h6-12,23H,1-5H3. The molecule has 0 amide bonds. The summed E-state index contributed by atoms with van der Waals surface area (Å²) < 4.78 is 17.3. The van der Waals surface area contributed by atoms with Gasteiger partial charge < -0.3 is 19.2 Å². The number of methoxy groups -OCH3 is 1. The number of phenols is 1. The number of aldehydes is 1. The SMILES string of the molecule is COc1cc(-c2ccc(B3OC(C)(C)C(C)(C)O3)cc2)c(C=O)cc1O. The number of carbonyl (C=O) groups is 1. The summed E-state index contributed by atoms with van der Waals surface area (Å²) in [6.45, 7) is 8.06. The third kappa shape index (κ3) is 3.11. The van der Waals surface area contributed by atoms with Crippen LogP contribution in [-0.4, -0.2) is 36.8 Å². The summed E-state index contributed by atoms with van der Waals surface area (Å²) in [4.78, 5) is 11.4. The minimum absolute atomic E-state index is 0.0628. The Morgan fingerprint density at radius 3 is 2.12 bits per heavy atom. The predicted octanol–water partition coefficient (Wildman–Crippen LogP) is 3.18. The highest BCUT2D eigenvalue weighted by Crippen LogP contribution is 2.37. The molecule has 2 aromatic rings. The molecule has 6 heteroatoms. The van der Waals surface area contributed by atoms with Crippen molar-refractivity contribution in [3.8, 4) is 22.6 Å². The maximum absolute atomic E-state index is 11.4. The number of hydrogen-bond acceptors (Lipinski definition) is 5. The van der Waals surface area contributed by atoms with Crippen LogP contribution in [0.2, 0.25) is 0 Å². The van der Waals surface area contributed by atoms with E-state index in [9.17, 15) is 9.90 Å². The van der Waals surface area contributed by atoms with Crippen molar-refractivity contribution >= 4 is 18.9 Å². The van der Waals surface area contributed by atoms with Crippen molar-refractivity contribution in [2.45, 2.75) is 38.9 Å². The lowest BCUT2D eigenvalue weighted by atomic mass is 9.78. The van der Waals surface area contributed by atoms with E-state index in [4.69, 9.17) is 14.0 Å². The molecule has 0 saturated carbocycles. The minimum atomic E-state index is -0.436. The Kier molecular flexibility index (Phi) is 4.59. The molecule has 3 rings (SSSR count). The van der Waals surface area contributed by atoms with E-state index in [-0.39, 0.29) is 5.75 Å². The van der Waals surface area contributed by atoms with E-state index in [2.05, 4.69) is 0 Å². The summed E-state index contributed by atoms with van der Waals surface area (Å²) in [6, 6.07) is 10.7. The minimum Gasteiger partial charge on any atom is -0.504 e. The van der Waals surface area contributed by atoms with Gasteiger partial charge in [0.25, 0.3) is 0 Å². The van der Waals surface area contributed by atoms with Crippen LogP contribution in [0.15, 0.2) is 36.4 Å². The molecule has 1 aliphatic heterocycles. The highest BCUT2D eigenvalue weighted by atomic mass is 16.7. The second kappa shape index (κ2) is 6.45. The molecule has 1 fully saturated rings. The quantitative estimate of drug-likeness (QED) is 0.675. The van der Waals surface area contributed by atoms with Gasteiger partial charge in [-0.1, -0.05) is 24.3 Å². The van der Waals surface area contributed by atoms with Crippen molar-refractivity contribution in [3.05, 3.63) is 42.0 Å². The molecule has 1 N–H and O–H groups in total. The maximum Gasteiger partial charge on any atom is 0.494 e. The van der Waals surface area contributed by atoms with Gasteiger partial charge in [-0.15, -0.1) is 0 Å². The Morgan fingerprint density at radius 1 is 1.04 bits per heavy atom. The molecule has 26 heavy (non-hydrogen) atoms. The molecule has 0 aromatic heterocycles. The molecule has 0 aliphatic carbocycles. The molecule has 0 radical (unpaired) electrons. The van der Waals surface area contributed by atoms with E-state index in [0.29, 0.717) is 16.9 Å². The van der Waals surface area contributed by atoms with E-state index >= 15 is 0 Å². The largest absolute Gasteiger partial charge is 0.504 e. The van der Waals surface area contributed by atoms with Crippen molar-refractivity contribution in [2.75, 3.05) is 7.11 Å². The van der Waals surface area contributed by atoms with E-state index in [1.165, 1.54) is 13.2 Å². The lowest BCUT2D eigenvalue weighted by Gasteiger charge is -2.32. The van der Waals surface area contributed by atoms with E-state index in [0.717, 1.165) is 17.3 Å². The fourth-order valence-corrected chi connectivity index (χ4v) is 2.89. The molecule has 0 atom stereocenters. The summed E-state index contributed by atoms with van der Waals surface area (Å²) >= 11 is 0. The predicted molar refractivity (Wildman–Crippen MR) is 101 cm³/mol. The Labute approximate surface area is 154 Å². The second-order valence-corrected chi connectivity index (χ2v) is 7.44. The fourth-order valence-electron chi connectivity index (χ4n) is 2.89. The van der Waals surface area contributed by atoms with Crippen LogP contribution >= 0.6 is 0 Å². The zero-order valence-electron chi connectivity index (χ0n) is 15.7. The highest BCUT2D eigenvalue weighted by molar-refractivity contribution is 6.62. The van der Waals surface area contributed by atoms with Gasteiger partial charge in [-0.25, -0.2) is 0 Å². The van der Waals surface area contributed by atoms with Crippen LogP contribution in [-0.2, 0) is 9.31 Å². The first-order chi connectivity index (χ1) is 12.2. The van der Waals surface area contributed by atoms with Crippen LogP contribution < -0.4 is 10.2 Å². The maximum atomic E-state index is 11.4. The van der Waals surface area contributed by atoms with Gasteiger partial charge in [0.15, 0.2) is 17.8 Å². The van der Waals surface area contributed by atoms with Gasteiger partial charge in [-0.3, -0.25) is 4.79 Å². The van der Waals surface area contributed by atoms with E-state index in [1.807, 2.05) is 52.0 Å². The lowest BCUT2D eigenvalue weighted by molar-refractivity contribution is 0.00578. The van der Waals surface area contributed by atoms with Crippen molar-refractivity contribution in [3.63, 3.8) is 0 Å². The summed E-state index contributed by atoms with van der Waals surface area (Å²) in [6.07, 6.45) is 0.719. The second-order valence-electron chi connectivity index (χ2n) is 7.44. The Balaban J connectivity index is 1.93. The third-order valence-corrected chi connectivity index (χ3v) is 5.23. The molecule has 0 unspecified atom stereocenters. The smallest absolute Gasteiger partial charge is 0.494 e. The van der Waals surface area contributed by atoms with Gasteiger partial charge in [0.05, 0.1) is 18.3 Å². The molecular weight excluding hydrogens is 331 g/mol. The fraction of sp³-hybridized carbons (Fsp3) is 0.350. The van der Waals surface area contributed by atoms with Crippen LogP contribution in [0.4, 0.5) is 0 Å². The Bertz CT molecular complexity index is 811. The molecule has 1 heterocycles. The van der Waals surface area contributed by atoms with Gasteiger partial charge >= 0.3 is 7.12 Å². The normalized spacial score (nSPS) is 18.0. The average Bonchev–Trinajstić information content (AvgIpc) is 2.82. The highest BCUT2D eigenvalue weighted by Gasteiger charge is 2.51. The summed E-state index contributed by atoms with van der Waals surface area (Å²) in [5.74, 6) is 0.257. The number of aromatic hydroxyl groups is 1. The molecule has 0 spiro atoms. The zero-order chi connectivity index (χ0) is 19.1. The lowest BCUT2D eigenvalue weighted by Crippen LogP contribution is -2.41. The van der Waals surface area contributed by atoms with Crippen LogP contribution in [0, 0.1) is 0 Å². The Morgan fingerprint density at radius 2 is 1.62 bits per heavy atom. The molecular formula is C20H23BO5. The number of benzene rings is 2. The van der Waals surface area contributed by atoms with Crippen LogP contribution in [0.1, 0.15) is 38.1 Å².